The monoisotopic (exact) mass is 755 g/mol. The molecule has 0 bridgehead atoms. The summed E-state index contributed by atoms with van der Waals surface area (Å²) < 4.78 is 6.37. The summed E-state index contributed by atoms with van der Waals surface area (Å²) in [5.41, 5.74) is 17.2. The number of benzene rings is 9. The van der Waals surface area contributed by atoms with Crippen LogP contribution in [0.25, 0.3) is 65.7 Å². The molecule has 10 aromatic rings. The second-order valence-corrected chi connectivity index (χ2v) is 17.0. The Hall–Kier alpha value is -6.90. The maximum Gasteiger partial charge on any atom is 0.135 e. The summed E-state index contributed by atoms with van der Waals surface area (Å²) in [5.74, 6) is 0.529. The second kappa shape index (κ2) is 12.5. The number of anilines is 3. The molecule has 2 nitrogen and oxygen atoms in total. The predicted molar refractivity (Wildman–Crippen MR) is 246 cm³/mol. The number of fused-ring (bicyclic) bond motifs is 13. The van der Waals surface area contributed by atoms with Crippen LogP contribution >= 0.6 is 0 Å². The molecule has 0 N–H and O–H groups in total. The molecule has 3 aliphatic rings. The van der Waals surface area contributed by atoms with Crippen LogP contribution in [0.1, 0.15) is 65.8 Å². The summed E-state index contributed by atoms with van der Waals surface area (Å²) in [7, 11) is 0. The molecule has 0 amide bonds. The van der Waals surface area contributed by atoms with Gasteiger partial charge in [0.05, 0.1) is 11.1 Å². The van der Waals surface area contributed by atoms with E-state index in [0.29, 0.717) is 5.92 Å². The quantitative estimate of drug-likeness (QED) is 0.178. The average Bonchev–Trinajstić information content (AvgIpc) is 3.82. The summed E-state index contributed by atoms with van der Waals surface area (Å²) in [6.07, 6.45) is 6.40. The molecule has 13 rings (SSSR count). The number of hydrogen-bond donors (Lipinski definition) is 0. The molecular formula is C57H41NO. The van der Waals surface area contributed by atoms with E-state index in [0.717, 1.165) is 39.0 Å². The molecule has 9 aromatic carbocycles. The summed E-state index contributed by atoms with van der Waals surface area (Å²) >= 11 is 0. The maximum absolute atomic E-state index is 6.37. The predicted octanol–water partition coefficient (Wildman–Crippen LogP) is 15.8. The van der Waals surface area contributed by atoms with Crippen LogP contribution in [0.15, 0.2) is 186 Å². The molecule has 1 saturated carbocycles. The number of furan rings is 1. The van der Waals surface area contributed by atoms with Gasteiger partial charge >= 0.3 is 0 Å². The normalized spacial score (nSPS) is 16.8. The van der Waals surface area contributed by atoms with Crippen LogP contribution < -0.4 is 4.90 Å². The number of nitrogens with zero attached hydrogens (tertiary/aromatic N) is 1. The summed E-state index contributed by atoms with van der Waals surface area (Å²) in [6, 6.07) is 68.5. The van der Waals surface area contributed by atoms with Gasteiger partial charge in [-0.15, -0.1) is 0 Å². The minimum Gasteiger partial charge on any atom is -0.456 e. The lowest BCUT2D eigenvalue weighted by atomic mass is 9.59. The van der Waals surface area contributed by atoms with Crippen molar-refractivity contribution in [3.05, 3.63) is 210 Å². The van der Waals surface area contributed by atoms with Gasteiger partial charge in [-0.05, 0) is 127 Å². The topological polar surface area (TPSA) is 16.4 Å². The van der Waals surface area contributed by atoms with E-state index in [1.54, 1.807) is 0 Å². The number of para-hydroxylation sites is 1. The molecule has 2 heteroatoms. The van der Waals surface area contributed by atoms with E-state index in [2.05, 4.69) is 187 Å². The van der Waals surface area contributed by atoms with Crippen LogP contribution in [0.3, 0.4) is 0 Å². The van der Waals surface area contributed by atoms with Crippen LogP contribution in [0.5, 0.6) is 0 Å². The molecule has 1 unspecified atom stereocenters. The van der Waals surface area contributed by atoms with E-state index in [1.807, 2.05) is 0 Å². The minimum atomic E-state index is -0.506. The highest BCUT2D eigenvalue weighted by atomic mass is 16.3. The molecule has 59 heavy (non-hydrogen) atoms. The Morgan fingerprint density at radius 3 is 1.93 bits per heavy atom. The van der Waals surface area contributed by atoms with E-state index >= 15 is 0 Å². The van der Waals surface area contributed by atoms with Crippen molar-refractivity contribution in [2.24, 2.45) is 0 Å². The van der Waals surface area contributed by atoms with Crippen molar-refractivity contribution in [3.8, 4) is 22.3 Å². The van der Waals surface area contributed by atoms with Gasteiger partial charge in [0.25, 0.3) is 0 Å². The van der Waals surface area contributed by atoms with Gasteiger partial charge in [0, 0.05) is 27.5 Å². The highest BCUT2D eigenvalue weighted by molar-refractivity contribution is 6.10. The standard InChI is InChI=1S/C57H41NO/c1-2-14-37(15-3-1)42-31-28-38-18-12-23-47-44-21-7-10-25-50(44)57(56(42)55(38)47)49-24-9-6-20-43(49)45-32-29-40(35-51(45)57)58(52-26-13-17-36-16-4-5-19-41(36)52)39-30-33-54-48(34-39)46-22-8-11-27-53(46)59-54/h4-13,16-35,37H,1-3,14-15H2. The lowest BCUT2D eigenvalue weighted by molar-refractivity contribution is 0.440. The Bertz CT molecular complexity index is 3340. The molecule has 1 fully saturated rings. The maximum atomic E-state index is 6.37. The lowest BCUT2D eigenvalue weighted by Crippen LogP contribution is -2.34. The molecule has 3 aliphatic carbocycles. The first-order valence-electron chi connectivity index (χ1n) is 21.4. The van der Waals surface area contributed by atoms with Gasteiger partial charge in [-0.2, -0.15) is 0 Å². The van der Waals surface area contributed by atoms with E-state index in [4.69, 9.17) is 4.42 Å². The molecule has 0 saturated heterocycles. The Morgan fingerprint density at radius 2 is 1.07 bits per heavy atom. The zero-order chi connectivity index (χ0) is 38.7. The van der Waals surface area contributed by atoms with E-state index in [1.165, 1.54) is 104 Å². The minimum absolute atomic E-state index is 0.506. The fourth-order valence-corrected chi connectivity index (χ4v) is 11.6. The summed E-state index contributed by atoms with van der Waals surface area (Å²) in [6.45, 7) is 0. The molecule has 0 radical (unpaired) electrons. The number of hydrogen-bond acceptors (Lipinski definition) is 2. The smallest absolute Gasteiger partial charge is 0.135 e. The second-order valence-electron chi connectivity index (χ2n) is 17.0. The summed E-state index contributed by atoms with van der Waals surface area (Å²) in [4.78, 5) is 2.49. The van der Waals surface area contributed by atoms with Crippen molar-refractivity contribution in [2.75, 3.05) is 4.90 Å². The van der Waals surface area contributed by atoms with Crippen molar-refractivity contribution >= 4 is 60.5 Å². The third kappa shape index (κ3) is 4.57. The third-order valence-corrected chi connectivity index (χ3v) is 14.0. The van der Waals surface area contributed by atoms with Gasteiger partial charge in [0.15, 0.2) is 0 Å². The number of rotatable bonds is 4. The molecule has 0 aliphatic heterocycles. The Labute approximate surface area is 344 Å². The largest absolute Gasteiger partial charge is 0.456 e. The van der Waals surface area contributed by atoms with E-state index in [9.17, 15) is 0 Å². The van der Waals surface area contributed by atoms with Gasteiger partial charge in [-0.1, -0.05) is 159 Å². The fourth-order valence-electron chi connectivity index (χ4n) is 11.6. The highest BCUT2D eigenvalue weighted by Gasteiger charge is 2.51. The van der Waals surface area contributed by atoms with Crippen LogP contribution in [0, 0.1) is 0 Å². The first-order chi connectivity index (χ1) is 29.3. The van der Waals surface area contributed by atoms with Crippen LogP contribution in [0.2, 0.25) is 0 Å². The van der Waals surface area contributed by atoms with Crippen molar-refractivity contribution in [3.63, 3.8) is 0 Å². The Morgan fingerprint density at radius 1 is 0.441 bits per heavy atom. The third-order valence-electron chi connectivity index (χ3n) is 14.0. The SMILES string of the molecule is c1ccc2c(c1)-c1ccc(N(c3ccc4oc5ccccc5c4c3)c3cccc4ccccc34)cc1C21c2ccccc2-c2cccc3ccc(C4CCCCC4)c1c23. The molecule has 1 spiro atoms. The van der Waals surface area contributed by atoms with E-state index in [-0.39, 0.29) is 0 Å². The molecule has 1 atom stereocenters. The van der Waals surface area contributed by atoms with Gasteiger partial charge < -0.3 is 9.32 Å². The van der Waals surface area contributed by atoms with Crippen LogP contribution in [-0.4, -0.2) is 0 Å². The Balaban J connectivity index is 1.15. The first kappa shape index (κ1) is 33.1. The van der Waals surface area contributed by atoms with Crippen LogP contribution in [0.4, 0.5) is 17.1 Å². The first-order valence-corrected chi connectivity index (χ1v) is 21.4. The fraction of sp³-hybridized carbons (Fsp3) is 0.123. The lowest BCUT2D eigenvalue weighted by Gasteiger charge is -2.43. The molecule has 280 valence electrons. The van der Waals surface area contributed by atoms with Crippen molar-refractivity contribution in [2.45, 2.75) is 43.4 Å². The van der Waals surface area contributed by atoms with E-state index < -0.39 is 5.41 Å². The van der Waals surface area contributed by atoms with Crippen molar-refractivity contribution < 1.29 is 4.42 Å². The van der Waals surface area contributed by atoms with Crippen molar-refractivity contribution in [1.82, 2.24) is 0 Å². The van der Waals surface area contributed by atoms with Gasteiger partial charge in [-0.25, -0.2) is 0 Å². The zero-order valence-corrected chi connectivity index (χ0v) is 32.8. The molecule has 1 aromatic heterocycles. The van der Waals surface area contributed by atoms with Crippen LogP contribution in [-0.2, 0) is 5.41 Å². The van der Waals surface area contributed by atoms with Gasteiger partial charge in [0.1, 0.15) is 11.2 Å². The Kier molecular flexibility index (Phi) is 7.04. The summed E-state index contributed by atoms with van der Waals surface area (Å²) in [5, 5.41) is 7.43. The molecule has 1 heterocycles. The zero-order valence-electron chi connectivity index (χ0n) is 32.8. The van der Waals surface area contributed by atoms with Gasteiger partial charge in [-0.3, -0.25) is 0 Å². The highest BCUT2D eigenvalue weighted by Crippen LogP contribution is 2.64. The average molecular weight is 756 g/mol. The molecular weight excluding hydrogens is 715 g/mol. The van der Waals surface area contributed by atoms with Crippen molar-refractivity contribution in [1.29, 1.82) is 0 Å². The van der Waals surface area contributed by atoms with Gasteiger partial charge in [0.2, 0.25) is 0 Å².